The molecule has 8 heteroatoms. The van der Waals surface area contributed by atoms with E-state index in [1.165, 1.54) is 0 Å². The Morgan fingerprint density at radius 3 is 1.83 bits per heavy atom. The second-order valence-electron chi connectivity index (χ2n) is 2.25. The standard InChI is InChI=1S/C4H9BrO5S2/c1-11(6,7)4(2-3-5)12(8,9)10/h4H,2-3H2,1H3,(H,8,9,10). The van der Waals surface area contributed by atoms with Gasteiger partial charge in [0.25, 0.3) is 10.1 Å². The highest BCUT2D eigenvalue weighted by atomic mass is 79.9. The topological polar surface area (TPSA) is 88.5 Å². The summed E-state index contributed by atoms with van der Waals surface area (Å²) in [6.45, 7) is 0. The van der Waals surface area contributed by atoms with Gasteiger partial charge in [-0.1, -0.05) is 15.9 Å². The van der Waals surface area contributed by atoms with Crippen molar-refractivity contribution in [2.75, 3.05) is 11.6 Å². The van der Waals surface area contributed by atoms with Crippen LogP contribution in [0.3, 0.4) is 0 Å². The van der Waals surface area contributed by atoms with Crippen molar-refractivity contribution in [3.63, 3.8) is 0 Å². The molecule has 0 spiro atoms. The molecule has 0 aromatic carbocycles. The van der Waals surface area contributed by atoms with Gasteiger partial charge in [-0.05, 0) is 6.42 Å². The molecule has 0 aromatic rings. The number of hydrogen-bond acceptors (Lipinski definition) is 4. The lowest BCUT2D eigenvalue weighted by Gasteiger charge is -2.08. The van der Waals surface area contributed by atoms with Crippen molar-refractivity contribution in [2.24, 2.45) is 0 Å². The molecule has 0 aliphatic carbocycles. The fourth-order valence-corrected chi connectivity index (χ4v) is 4.47. The summed E-state index contributed by atoms with van der Waals surface area (Å²) in [5.41, 5.74) is 0. The van der Waals surface area contributed by atoms with Gasteiger partial charge in [0, 0.05) is 11.6 Å². The lowest BCUT2D eigenvalue weighted by atomic mass is 10.6. The first-order valence-corrected chi connectivity index (χ1v) is 7.48. The van der Waals surface area contributed by atoms with Gasteiger partial charge in [0.05, 0.1) is 0 Å². The third kappa shape index (κ3) is 3.83. The smallest absolute Gasteiger partial charge is 0.282 e. The summed E-state index contributed by atoms with van der Waals surface area (Å²) in [5, 5.41) is 0.199. The van der Waals surface area contributed by atoms with Crippen molar-refractivity contribution in [1.82, 2.24) is 0 Å². The summed E-state index contributed by atoms with van der Waals surface area (Å²) in [4.78, 5) is 0. The second-order valence-corrected chi connectivity index (χ2v) is 7.17. The fraction of sp³-hybridized carbons (Fsp3) is 1.00. The molecule has 0 rings (SSSR count). The van der Waals surface area contributed by atoms with Crippen LogP contribution in [0, 0.1) is 0 Å². The van der Waals surface area contributed by atoms with Gasteiger partial charge in [-0.25, -0.2) is 8.42 Å². The molecule has 0 saturated carbocycles. The molecular weight excluding hydrogens is 272 g/mol. The maximum Gasteiger partial charge on any atom is 0.282 e. The third-order valence-corrected chi connectivity index (χ3v) is 5.48. The Hall–Kier alpha value is 0.340. The lowest BCUT2D eigenvalue weighted by Crippen LogP contribution is -2.29. The number of hydrogen-bond donors (Lipinski definition) is 1. The SMILES string of the molecule is CS(=O)(=O)C(CCBr)S(=O)(=O)O. The van der Waals surface area contributed by atoms with Crippen LogP contribution in [-0.4, -0.2) is 37.6 Å². The van der Waals surface area contributed by atoms with Crippen LogP contribution in [0.1, 0.15) is 6.42 Å². The molecule has 74 valence electrons. The monoisotopic (exact) mass is 280 g/mol. The summed E-state index contributed by atoms with van der Waals surface area (Å²) in [6.07, 6.45) is 0.617. The van der Waals surface area contributed by atoms with E-state index in [1.807, 2.05) is 0 Å². The van der Waals surface area contributed by atoms with Crippen LogP contribution < -0.4 is 0 Å². The highest BCUT2D eigenvalue weighted by Crippen LogP contribution is 2.12. The van der Waals surface area contributed by atoms with E-state index >= 15 is 0 Å². The third-order valence-electron chi connectivity index (χ3n) is 1.15. The van der Waals surface area contributed by atoms with E-state index in [0.717, 1.165) is 6.26 Å². The molecular formula is C4H9BrO5S2. The number of sulfone groups is 1. The van der Waals surface area contributed by atoms with Gasteiger partial charge in [0.15, 0.2) is 14.4 Å². The molecule has 1 N–H and O–H groups in total. The van der Waals surface area contributed by atoms with Gasteiger partial charge in [-0.3, -0.25) is 4.55 Å². The van der Waals surface area contributed by atoms with Crippen LogP contribution in [0.5, 0.6) is 0 Å². The van der Waals surface area contributed by atoms with E-state index in [4.69, 9.17) is 4.55 Å². The molecule has 1 unspecified atom stereocenters. The molecule has 0 aliphatic heterocycles. The van der Waals surface area contributed by atoms with Crippen molar-refractivity contribution >= 4 is 35.9 Å². The van der Waals surface area contributed by atoms with Crippen LogP contribution in [0.15, 0.2) is 0 Å². The predicted molar refractivity (Wildman–Crippen MR) is 48.6 cm³/mol. The molecule has 0 heterocycles. The summed E-state index contributed by atoms with van der Waals surface area (Å²) in [5.74, 6) is 0. The van der Waals surface area contributed by atoms with Crippen molar-refractivity contribution in [3.05, 3.63) is 0 Å². The molecule has 0 saturated heterocycles. The minimum Gasteiger partial charge on any atom is -0.285 e. The zero-order chi connectivity index (χ0) is 9.99. The Balaban J connectivity index is 4.97. The average Bonchev–Trinajstić information content (AvgIpc) is 1.77. The molecule has 0 amide bonds. The normalized spacial score (nSPS) is 15.9. The maximum absolute atomic E-state index is 10.8. The number of alkyl halides is 1. The molecule has 0 aliphatic rings. The predicted octanol–water partition coefficient (Wildman–Crippen LogP) is 0.0299. The van der Waals surface area contributed by atoms with Gasteiger partial charge >= 0.3 is 0 Å². The summed E-state index contributed by atoms with van der Waals surface area (Å²) in [6, 6.07) is 0. The summed E-state index contributed by atoms with van der Waals surface area (Å²) in [7, 11) is -8.26. The van der Waals surface area contributed by atoms with Crippen LogP contribution >= 0.6 is 15.9 Å². The van der Waals surface area contributed by atoms with E-state index in [0.29, 0.717) is 0 Å². The quantitative estimate of drug-likeness (QED) is 0.580. The van der Waals surface area contributed by atoms with Crippen molar-refractivity contribution in [2.45, 2.75) is 11.0 Å². The Labute approximate surface area is 80.0 Å². The van der Waals surface area contributed by atoms with Crippen LogP contribution in [0.2, 0.25) is 0 Å². The van der Waals surface area contributed by atoms with Crippen LogP contribution in [0.4, 0.5) is 0 Å². The highest BCUT2D eigenvalue weighted by molar-refractivity contribution is 9.09. The molecule has 1 atom stereocenters. The van der Waals surface area contributed by atoms with E-state index < -0.39 is 24.5 Å². The van der Waals surface area contributed by atoms with E-state index in [-0.39, 0.29) is 11.8 Å². The van der Waals surface area contributed by atoms with Crippen molar-refractivity contribution < 1.29 is 21.4 Å². The Bertz CT molecular complexity index is 296. The Morgan fingerprint density at radius 1 is 1.33 bits per heavy atom. The zero-order valence-corrected chi connectivity index (χ0v) is 9.49. The minimum atomic E-state index is -4.50. The second kappa shape index (κ2) is 4.03. The van der Waals surface area contributed by atoms with Gasteiger partial charge in [0.2, 0.25) is 0 Å². The zero-order valence-electron chi connectivity index (χ0n) is 6.27. The van der Waals surface area contributed by atoms with E-state index in [1.54, 1.807) is 0 Å². The van der Waals surface area contributed by atoms with Crippen LogP contribution in [-0.2, 0) is 20.0 Å². The van der Waals surface area contributed by atoms with Gasteiger partial charge in [-0.2, -0.15) is 8.42 Å². The molecule has 0 radical (unpaired) electrons. The van der Waals surface area contributed by atoms with Gasteiger partial charge < -0.3 is 0 Å². The average molecular weight is 281 g/mol. The van der Waals surface area contributed by atoms with Crippen molar-refractivity contribution in [3.8, 4) is 0 Å². The molecule has 12 heavy (non-hydrogen) atoms. The largest absolute Gasteiger partial charge is 0.285 e. The fourth-order valence-electron chi connectivity index (χ4n) is 0.673. The Morgan fingerprint density at radius 2 is 1.75 bits per heavy atom. The molecule has 5 nitrogen and oxygen atoms in total. The molecule has 0 aromatic heterocycles. The summed E-state index contributed by atoms with van der Waals surface area (Å²) >= 11 is 2.89. The van der Waals surface area contributed by atoms with Crippen LogP contribution in [0.25, 0.3) is 0 Å². The van der Waals surface area contributed by atoms with Crippen molar-refractivity contribution in [1.29, 1.82) is 0 Å². The lowest BCUT2D eigenvalue weighted by molar-refractivity contribution is 0.475. The van der Waals surface area contributed by atoms with E-state index in [9.17, 15) is 16.8 Å². The highest BCUT2D eigenvalue weighted by Gasteiger charge is 2.32. The first-order chi connectivity index (χ1) is 5.19. The van der Waals surface area contributed by atoms with Gasteiger partial charge in [-0.15, -0.1) is 0 Å². The minimum absolute atomic E-state index is 0.155. The summed E-state index contributed by atoms with van der Waals surface area (Å²) < 4.78 is 49.5. The van der Waals surface area contributed by atoms with E-state index in [2.05, 4.69) is 15.9 Å². The number of rotatable bonds is 4. The molecule has 0 bridgehead atoms. The molecule has 0 fully saturated rings. The Kier molecular flexibility index (Phi) is 4.15. The first-order valence-electron chi connectivity index (χ1n) is 2.90. The maximum atomic E-state index is 10.8. The van der Waals surface area contributed by atoms with Gasteiger partial charge in [0.1, 0.15) is 0 Å². The number of halogens is 1. The first kappa shape index (κ1) is 12.3.